The number of hydrogen-bond donors (Lipinski definition) is 1. The van der Waals surface area contributed by atoms with Gasteiger partial charge in [-0.15, -0.1) is 0 Å². The average Bonchev–Trinajstić information content (AvgIpc) is 3.34. The van der Waals surface area contributed by atoms with E-state index >= 15 is 0 Å². The molecule has 1 saturated heterocycles. The molecule has 1 unspecified atom stereocenters. The van der Waals surface area contributed by atoms with Crippen molar-refractivity contribution in [1.29, 1.82) is 0 Å². The number of aliphatic hydroxyl groups excluding tert-OH is 1. The second kappa shape index (κ2) is 11.2. The monoisotopic (exact) mass is 583 g/mol. The number of aromatic nitrogens is 4. The van der Waals surface area contributed by atoms with Gasteiger partial charge in [0.2, 0.25) is 0 Å². The van der Waals surface area contributed by atoms with Crippen LogP contribution in [0, 0.1) is 0 Å². The third-order valence-electron chi connectivity index (χ3n) is 8.84. The minimum Gasteiger partial charge on any atom is -0.384 e. The summed E-state index contributed by atoms with van der Waals surface area (Å²) in [5.74, 6) is 0.111. The van der Waals surface area contributed by atoms with Crippen molar-refractivity contribution in [3.05, 3.63) is 113 Å². The highest BCUT2D eigenvalue weighted by molar-refractivity contribution is 6.04. The molecule has 3 aromatic heterocycles. The summed E-state index contributed by atoms with van der Waals surface area (Å²) >= 11 is 0. The molecule has 1 atom stereocenters. The number of aliphatic hydroxyl groups is 1. The number of imidazole rings is 1. The summed E-state index contributed by atoms with van der Waals surface area (Å²) in [5.41, 5.74) is 8.20. The second-order valence-electron chi connectivity index (χ2n) is 11.6. The van der Waals surface area contributed by atoms with Crippen LogP contribution in [0.25, 0.3) is 50.0 Å². The Bertz CT molecular complexity index is 2040. The Hall–Kier alpha value is -5.08. The van der Waals surface area contributed by atoms with Crippen molar-refractivity contribution in [2.75, 3.05) is 13.1 Å². The van der Waals surface area contributed by atoms with E-state index in [2.05, 4.69) is 29.2 Å². The van der Waals surface area contributed by atoms with Crippen LogP contribution >= 0.6 is 0 Å². The Labute approximate surface area is 254 Å². The summed E-state index contributed by atoms with van der Waals surface area (Å²) in [6, 6.07) is 28.5. The number of carbonyl (C=O) groups is 1. The number of hydrogen-bond acceptors (Lipinski definition) is 5. The van der Waals surface area contributed by atoms with Crippen LogP contribution in [0.1, 0.15) is 31.2 Å². The summed E-state index contributed by atoms with van der Waals surface area (Å²) in [4.78, 5) is 36.9. The molecule has 220 valence electrons. The first-order valence-electron chi connectivity index (χ1n) is 15.0. The Balaban J connectivity index is 1.24. The van der Waals surface area contributed by atoms with E-state index in [9.17, 15) is 14.7 Å². The van der Waals surface area contributed by atoms with Gasteiger partial charge in [-0.25, -0.2) is 4.79 Å². The number of likely N-dealkylation sites (tertiary alicyclic amines) is 1. The van der Waals surface area contributed by atoms with Gasteiger partial charge in [0.1, 0.15) is 6.10 Å². The van der Waals surface area contributed by atoms with Crippen molar-refractivity contribution in [3.63, 3.8) is 0 Å². The zero-order valence-electron chi connectivity index (χ0n) is 24.7. The molecule has 4 heterocycles. The summed E-state index contributed by atoms with van der Waals surface area (Å²) in [6.45, 7) is 2.78. The van der Waals surface area contributed by atoms with E-state index in [0.717, 1.165) is 62.8 Å². The zero-order chi connectivity index (χ0) is 30.4. The predicted molar refractivity (Wildman–Crippen MR) is 173 cm³/mol. The van der Waals surface area contributed by atoms with Crippen molar-refractivity contribution < 1.29 is 9.90 Å². The fourth-order valence-electron chi connectivity index (χ4n) is 6.35. The van der Waals surface area contributed by atoms with E-state index in [1.165, 1.54) is 12.5 Å². The molecule has 0 saturated carbocycles. The van der Waals surface area contributed by atoms with Gasteiger partial charge < -0.3 is 10.0 Å². The molecule has 0 aliphatic carbocycles. The van der Waals surface area contributed by atoms with Crippen LogP contribution in [0.15, 0.2) is 102 Å². The second-order valence-corrected chi connectivity index (χ2v) is 11.6. The van der Waals surface area contributed by atoms with Crippen LogP contribution in [-0.2, 0) is 11.8 Å². The Morgan fingerprint density at radius 3 is 2.27 bits per heavy atom. The quantitative estimate of drug-likeness (QED) is 0.281. The van der Waals surface area contributed by atoms with Gasteiger partial charge in [0.25, 0.3) is 5.91 Å². The molecule has 3 aromatic carbocycles. The number of nitrogens with zero attached hydrogens (tertiary/aromatic N) is 5. The Morgan fingerprint density at radius 2 is 1.59 bits per heavy atom. The normalized spacial score (nSPS) is 14.8. The number of carbonyl (C=O) groups excluding carboxylic acids is 1. The third kappa shape index (κ3) is 4.87. The van der Waals surface area contributed by atoms with Crippen molar-refractivity contribution in [2.24, 2.45) is 7.05 Å². The Kier molecular flexibility index (Phi) is 7.06. The van der Waals surface area contributed by atoms with Gasteiger partial charge in [0.15, 0.2) is 0 Å². The highest BCUT2D eigenvalue weighted by Crippen LogP contribution is 2.32. The Morgan fingerprint density at radius 1 is 0.864 bits per heavy atom. The molecule has 0 bridgehead atoms. The average molecular weight is 584 g/mol. The van der Waals surface area contributed by atoms with E-state index in [1.807, 2.05) is 66.9 Å². The molecular formula is C36H33N5O3. The van der Waals surface area contributed by atoms with Gasteiger partial charge in [-0.3, -0.25) is 23.9 Å². The van der Waals surface area contributed by atoms with E-state index in [0.29, 0.717) is 19.0 Å². The predicted octanol–water partition coefficient (Wildman–Crippen LogP) is 5.69. The van der Waals surface area contributed by atoms with Crippen molar-refractivity contribution in [1.82, 2.24) is 24.0 Å². The summed E-state index contributed by atoms with van der Waals surface area (Å²) in [7, 11) is 1.78. The van der Waals surface area contributed by atoms with Crippen molar-refractivity contribution in [2.45, 2.75) is 31.8 Å². The van der Waals surface area contributed by atoms with E-state index < -0.39 is 6.10 Å². The molecule has 8 nitrogen and oxygen atoms in total. The first kappa shape index (κ1) is 27.7. The van der Waals surface area contributed by atoms with Gasteiger partial charge >= 0.3 is 5.69 Å². The summed E-state index contributed by atoms with van der Waals surface area (Å²) in [5, 5.41) is 10.5. The highest BCUT2D eigenvalue weighted by atomic mass is 16.3. The lowest BCUT2D eigenvalue weighted by Crippen LogP contribution is -2.42. The maximum Gasteiger partial charge on any atom is 0.333 e. The first-order chi connectivity index (χ1) is 21.4. The van der Waals surface area contributed by atoms with Crippen LogP contribution in [0.3, 0.4) is 0 Å². The lowest BCUT2D eigenvalue weighted by atomic mass is 9.89. The van der Waals surface area contributed by atoms with Gasteiger partial charge in [-0.05, 0) is 67.1 Å². The molecule has 7 rings (SSSR count). The van der Waals surface area contributed by atoms with Gasteiger partial charge in [-0.2, -0.15) is 0 Å². The topological polar surface area (TPSA) is 93.2 Å². The molecule has 1 amide bonds. The molecule has 1 fully saturated rings. The molecule has 1 aliphatic rings. The van der Waals surface area contributed by atoms with Crippen molar-refractivity contribution >= 4 is 27.8 Å². The number of amides is 1. The number of piperidine rings is 1. The van der Waals surface area contributed by atoms with Crippen LogP contribution in [-0.4, -0.2) is 54.2 Å². The van der Waals surface area contributed by atoms with Gasteiger partial charge in [0, 0.05) is 42.8 Å². The zero-order valence-corrected chi connectivity index (χ0v) is 24.7. The number of pyridine rings is 2. The lowest BCUT2D eigenvalue weighted by molar-refractivity contribution is -0.140. The van der Waals surface area contributed by atoms with Gasteiger partial charge in [0.05, 0.1) is 34.1 Å². The maximum absolute atomic E-state index is 13.6. The van der Waals surface area contributed by atoms with Crippen LogP contribution in [0.2, 0.25) is 0 Å². The summed E-state index contributed by atoms with van der Waals surface area (Å²) in [6.07, 6.45) is 4.36. The van der Waals surface area contributed by atoms with E-state index in [-0.39, 0.29) is 11.6 Å². The maximum atomic E-state index is 13.6. The number of benzene rings is 3. The molecule has 44 heavy (non-hydrogen) atoms. The third-order valence-corrected chi connectivity index (χ3v) is 8.84. The van der Waals surface area contributed by atoms with Gasteiger partial charge in [-0.1, -0.05) is 54.6 Å². The highest BCUT2D eigenvalue weighted by Gasteiger charge is 2.26. The molecular weight excluding hydrogens is 550 g/mol. The molecule has 6 aromatic rings. The largest absolute Gasteiger partial charge is 0.384 e. The van der Waals surface area contributed by atoms with Crippen LogP contribution in [0.5, 0.6) is 0 Å². The number of fused-ring (bicyclic) bond motifs is 3. The number of rotatable bonds is 5. The fraction of sp³-hybridized carbons (Fsp3) is 0.222. The summed E-state index contributed by atoms with van der Waals surface area (Å²) < 4.78 is 3.42. The smallest absolute Gasteiger partial charge is 0.333 e. The lowest BCUT2D eigenvalue weighted by Gasteiger charge is -2.33. The van der Waals surface area contributed by atoms with Crippen molar-refractivity contribution in [3.8, 4) is 28.1 Å². The van der Waals surface area contributed by atoms with E-state index in [1.54, 1.807) is 27.3 Å². The minimum atomic E-state index is -0.968. The molecule has 0 spiro atoms. The SMILES string of the molecule is CC(O)C(=O)N1CCC(c2ccc(-n3c(=O)n(C)c4cnc5ccc(-c6ccc(-c7ccccc7)nc6)cc5c43)cc2)CC1. The van der Waals surface area contributed by atoms with E-state index in [4.69, 9.17) is 4.98 Å². The minimum absolute atomic E-state index is 0.133. The molecule has 0 radical (unpaired) electrons. The number of aryl methyl sites for hydroxylation is 1. The molecule has 8 heteroatoms. The fourth-order valence-corrected chi connectivity index (χ4v) is 6.35. The molecule has 1 aliphatic heterocycles. The van der Waals surface area contributed by atoms with Crippen LogP contribution in [0.4, 0.5) is 0 Å². The standard InChI is InChI=1S/C36H33N5O3/c1-23(42)35(43)40-18-16-25(17-19-40)24-8-12-29(13-9-24)41-34-30-20-27(10-15-32(30)38-22-33(34)39(2)36(41)44)28-11-14-31(37-21-28)26-6-4-3-5-7-26/h3-15,20-23,25,42H,16-19H2,1-2H3. The molecule has 1 N–H and O–H groups in total. The first-order valence-corrected chi connectivity index (χ1v) is 15.0. The van der Waals surface area contributed by atoms with Crippen LogP contribution < -0.4 is 5.69 Å².